The van der Waals surface area contributed by atoms with Crippen LogP contribution in [-0.2, 0) is 21.9 Å². The maximum atomic E-state index is 15.8. The molecular weight excluding hydrogens is 601 g/mol. The van der Waals surface area contributed by atoms with Crippen LogP contribution < -0.4 is 0 Å². The molecule has 0 amide bonds. The Morgan fingerprint density at radius 2 is 1.60 bits per heavy atom. The first-order valence-electron chi connectivity index (χ1n) is 12.4. The average molecular weight is 622 g/mol. The topological polar surface area (TPSA) is 82.7 Å². The molecule has 7 nitrogen and oxygen atoms in total. The number of rotatable bonds is 7. The molecule has 0 aliphatic carbocycles. The van der Waals surface area contributed by atoms with Crippen molar-refractivity contribution in [2.45, 2.75) is 30.8 Å². The summed E-state index contributed by atoms with van der Waals surface area (Å²) < 4.78 is 99.1. The highest BCUT2D eigenvalue weighted by Crippen LogP contribution is 2.39. The van der Waals surface area contributed by atoms with E-state index in [1.165, 1.54) is 62.4 Å². The molecule has 2 aromatic heterocycles. The Morgan fingerprint density at radius 3 is 2.24 bits per heavy atom. The Bertz CT molecular complexity index is 1880. The monoisotopic (exact) mass is 621 g/mol. The Hall–Kier alpha value is -4.10. The second-order valence-corrected chi connectivity index (χ2v) is 12.0. The fourth-order valence-corrected chi connectivity index (χ4v) is 5.45. The summed E-state index contributed by atoms with van der Waals surface area (Å²) in [6, 6.07) is 15.3. The van der Waals surface area contributed by atoms with Crippen molar-refractivity contribution in [1.82, 2.24) is 24.5 Å². The quantitative estimate of drug-likeness (QED) is 0.182. The van der Waals surface area contributed by atoms with Gasteiger partial charge in [-0.25, -0.2) is 18.1 Å². The van der Waals surface area contributed by atoms with Crippen molar-refractivity contribution in [2.24, 2.45) is 0 Å². The number of aromatic nitrogens is 5. The van der Waals surface area contributed by atoms with E-state index in [0.717, 1.165) is 33.8 Å². The van der Waals surface area contributed by atoms with E-state index in [9.17, 15) is 21.6 Å². The maximum absolute atomic E-state index is 15.8. The number of imidazole rings is 1. The van der Waals surface area contributed by atoms with Crippen LogP contribution in [-0.4, -0.2) is 38.7 Å². The largest absolute Gasteiger partial charge is 0.434 e. The van der Waals surface area contributed by atoms with Crippen LogP contribution >= 0.6 is 11.6 Å². The van der Waals surface area contributed by atoms with Crippen molar-refractivity contribution in [2.75, 3.05) is 5.75 Å². The Balaban J connectivity index is 1.74. The number of aryl methyl sites for hydroxylation is 1. The van der Waals surface area contributed by atoms with Crippen LogP contribution in [0.25, 0.3) is 22.5 Å². The number of halogens is 6. The minimum absolute atomic E-state index is 0.0494. The fourth-order valence-electron chi connectivity index (χ4n) is 4.40. The molecule has 0 unspecified atom stereocenters. The van der Waals surface area contributed by atoms with Gasteiger partial charge in [-0.05, 0) is 54.4 Å². The molecule has 5 rings (SSSR count). The molecule has 0 N–H and O–H groups in total. The molecule has 0 bridgehead atoms. The minimum atomic E-state index is -4.75. The third kappa shape index (κ3) is 5.41. The third-order valence-electron chi connectivity index (χ3n) is 6.62. The molecule has 3 aromatic carbocycles. The van der Waals surface area contributed by atoms with E-state index in [2.05, 4.69) is 15.3 Å². The van der Waals surface area contributed by atoms with Crippen LogP contribution in [0.2, 0.25) is 5.02 Å². The van der Waals surface area contributed by atoms with Crippen molar-refractivity contribution in [1.29, 1.82) is 0 Å². The molecule has 0 fully saturated rings. The highest BCUT2D eigenvalue weighted by molar-refractivity contribution is 7.91. The van der Waals surface area contributed by atoms with Gasteiger partial charge in [0.15, 0.2) is 15.5 Å². The summed E-state index contributed by atoms with van der Waals surface area (Å²) in [4.78, 5) is 3.66. The lowest BCUT2D eigenvalue weighted by Gasteiger charge is -2.20. The highest BCUT2D eigenvalue weighted by atomic mass is 35.5. The maximum Gasteiger partial charge on any atom is 0.434 e. The van der Waals surface area contributed by atoms with Crippen LogP contribution in [0.5, 0.6) is 0 Å². The number of hydrogen-bond acceptors (Lipinski definition) is 5. The first-order chi connectivity index (χ1) is 19.7. The van der Waals surface area contributed by atoms with Crippen molar-refractivity contribution < 1.29 is 30.4 Å². The summed E-state index contributed by atoms with van der Waals surface area (Å²) in [6.07, 6.45) is -3.13. The zero-order valence-electron chi connectivity index (χ0n) is 21.9. The number of alkyl halides is 5. The van der Waals surface area contributed by atoms with Gasteiger partial charge in [-0.2, -0.15) is 22.0 Å². The fraction of sp³-hybridized carbons (Fsp3) is 0.179. The summed E-state index contributed by atoms with van der Waals surface area (Å²) in [6.45, 7) is 2.85. The standard InChI is InChI=1S/C28H21ClF5N5O2S/c1-3-42(40,41)22-6-4-5-18(13-22)19-7-12-23(38-16-25(28(32,33)34)36-17(38)2)24(14-19)39-26(15-35-37-39)27(30,31)20-8-10-21(29)11-9-20/h4-16H,3H2,1-2H3. The lowest BCUT2D eigenvalue weighted by atomic mass is 10.0. The Morgan fingerprint density at radius 1 is 0.905 bits per heavy atom. The summed E-state index contributed by atoms with van der Waals surface area (Å²) >= 11 is 5.87. The molecule has 0 saturated heterocycles. The average Bonchev–Trinajstić information content (AvgIpc) is 3.61. The van der Waals surface area contributed by atoms with E-state index in [4.69, 9.17) is 11.6 Å². The van der Waals surface area contributed by atoms with Crippen molar-refractivity contribution >= 4 is 21.4 Å². The van der Waals surface area contributed by atoms with Gasteiger partial charge < -0.3 is 4.57 Å². The zero-order valence-corrected chi connectivity index (χ0v) is 23.5. The summed E-state index contributed by atoms with van der Waals surface area (Å²) in [5.74, 6) is -3.83. The molecule has 42 heavy (non-hydrogen) atoms. The lowest BCUT2D eigenvalue weighted by molar-refractivity contribution is -0.141. The molecule has 0 aliphatic rings. The lowest BCUT2D eigenvalue weighted by Crippen LogP contribution is -2.21. The molecule has 0 atom stereocenters. The first kappa shape index (κ1) is 29.4. The molecule has 0 saturated carbocycles. The number of hydrogen-bond donors (Lipinski definition) is 0. The Labute approximate surface area is 242 Å². The number of sulfone groups is 1. The van der Waals surface area contributed by atoms with Crippen LogP contribution in [0.4, 0.5) is 22.0 Å². The summed E-state index contributed by atoms with van der Waals surface area (Å²) in [5.41, 5.74) is -1.42. The van der Waals surface area contributed by atoms with Gasteiger partial charge in [0, 0.05) is 16.8 Å². The molecule has 0 radical (unpaired) electrons. The zero-order chi connectivity index (χ0) is 30.4. The van der Waals surface area contributed by atoms with Crippen LogP contribution in [0.3, 0.4) is 0 Å². The normalized spacial score (nSPS) is 12.6. The molecule has 5 aromatic rings. The number of benzene rings is 3. The van der Waals surface area contributed by atoms with Gasteiger partial charge in [0.1, 0.15) is 11.5 Å². The molecule has 0 spiro atoms. The smallest absolute Gasteiger partial charge is 0.301 e. The third-order valence-corrected chi connectivity index (χ3v) is 8.60. The van der Waals surface area contributed by atoms with E-state index in [-0.39, 0.29) is 32.9 Å². The molecule has 218 valence electrons. The summed E-state index contributed by atoms with van der Waals surface area (Å²) in [7, 11) is -3.56. The van der Waals surface area contributed by atoms with E-state index < -0.39 is 38.9 Å². The SMILES string of the molecule is CCS(=O)(=O)c1cccc(-c2ccc(-n3cc(C(F)(F)F)nc3C)c(-n3nncc3C(F)(F)c3ccc(Cl)cc3)c2)c1. The predicted molar refractivity (Wildman–Crippen MR) is 146 cm³/mol. The molecule has 14 heteroatoms. The second kappa shape index (κ2) is 10.6. The van der Waals surface area contributed by atoms with Gasteiger partial charge in [0.2, 0.25) is 0 Å². The molecule has 2 heterocycles. The molecular formula is C28H21ClF5N5O2S. The van der Waals surface area contributed by atoms with Gasteiger partial charge >= 0.3 is 12.1 Å². The van der Waals surface area contributed by atoms with Crippen molar-refractivity contribution in [3.63, 3.8) is 0 Å². The van der Waals surface area contributed by atoms with Crippen LogP contribution in [0.15, 0.2) is 84.0 Å². The van der Waals surface area contributed by atoms with Crippen LogP contribution in [0.1, 0.15) is 29.7 Å². The first-order valence-corrected chi connectivity index (χ1v) is 14.4. The highest BCUT2D eigenvalue weighted by Gasteiger charge is 2.39. The van der Waals surface area contributed by atoms with E-state index in [1.807, 2.05) is 0 Å². The van der Waals surface area contributed by atoms with Gasteiger partial charge in [-0.15, -0.1) is 5.10 Å². The molecule has 0 aliphatic heterocycles. The Kier molecular flexibility index (Phi) is 7.44. The van der Waals surface area contributed by atoms with Gasteiger partial charge in [-0.3, -0.25) is 0 Å². The minimum Gasteiger partial charge on any atom is -0.301 e. The van der Waals surface area contributed by atoms with E-state index in [1.54, 1.807) is 6.07 Å². The van der Waals surface area contributed by atoms with Gasteiger partial charge in [0.05, 0.1) is 28.2 Å². The van der Waals surface area contributed by atoms with Gasteiger partial charge in [0.25, 0.3) is 0 Å². The van der Waals surface area contributed by atoms with Crippen LogP contribution in [0, 0.1) is 6.92 Å². The predicted octanol–water partition coefficient (Wildman–Crippen LogP) is 7.03. The second-order valence-electron chi connectivity index (χ2n) is 9.29. The van der Waals surface area contributed by atoms with E-state index >= 15 is 8.78 Å². The van der Waals surface area contributed by atoms with Crippen molar-refractivity contribution in [3.05, 3.63) is 107 Å². The van der Waals surface area contributed by atoms with Crippen molar-refractivity contribution in [3.8, 4) is 22.5 Å². The summed E-state index contributed by atoms with van der Waals surface area (Å²) in [5, 5.41) is 7.82. The van der Waals surface area contributed by atoms with E-state index in [0.29, 0.717) is 11.1 Å². The number of nitrogens with zero attached hydrogens (tertiary/aromatic N) is 5. The van der Waals surface area contributed by atoms with Gasteiger partial charge in [-0.1, -0.05) is 54.1 Å².